The molecule has 22 heavy (non-hydrogen) atoms. The number of hydrogen-bond acceptors (Lipinski definition) is 2. The molecule has 0 radical (unpaired) electrons. The first-order valence-electron chi connectivity index (χ1n) is 7.04. The fraction of sp³-hybridized carbons (Fsp3) is 0.167. The Kier molecular flexibility index (Phi) is 5.78. The number of carbonyl (C=O) groups is 1. The number of carboxylic acid groups (broad SMARTS) is 1. The van der Waals surface area contributed by atoms with E-state index in [1.54, 1.807) is 18.2 Å². The van der Waals surface area contributed by atoms with E-state index in [9.17, 15) is 9.90 Å². The topological polar surface area (TPSA) is 46.5 Å². The lowest BCUT2D eigenvalue weighted by Crippen LogP contribution is -1.99. The van der Waals surface area contributed by atoms with E-state index in [4.69, 9.17) is 4.74 Å². The number of hydrogen-bond donors (Lipinski definition) is 1. The Balaban J connectivity index is 2.33. The van der Waals surface area contributed by atoms with Gasteiger partial charge < -0.3 is 9.84 Å². The minimum absolute atomic E-state index is 0.259. The third kappa shape index (κ3) is 4.21. The molecule has 2 aromatic carbocycles. The van der Waals surface area contributed by atoms with Crippen molar-refractivity contribution >= 4 is 33.5 Å². The molecule has 0 unspecified atom stereocenters. The first kappa shape index (κ1) is 16.3. The monoisotopic (exact) mass is 360 g/mol. The first-order valence-corrected chi connectivity index (χ1v) is 7.84. The van der Waals surface area contributed by atoms with Crippen LogP contribution in [0.25, 0.3) is 11.6 Å². The van der Waals surface area contributed by atoms with Gasteiger partial charge in [0.25, 0.3) is 0 Å². The van der Waals surface area contributed by atoms with Crippen LogP contribution in [0, 0.1) is 0 Å². The minimum Gasteiger partial charge on any atom is -0.492 e. The highest BCUT2D eigenvalue weighted by Gasteiger charge is 2.10. The zero-order chi connectivity index (χ0) is 15.9. The van der Waals surface area contributed by atoms with E-state index in [2.05, 4.69) is 15.9 Å². The molecule has 0 saturated heterocycles. The molecule has 1 N–H and O–H groups in total. The van der Waals surface area contributed by atoms with Crippen molar-refractivity contribution in [3.8, 4) is 5.75 Å². The van der Waals surface area contributed by atoms with Crippen molar-refractivity contribution in [1.29, 1.82) is 0 Å². The van der Waals surface area contributed by atoms with Crippen molar-refractivity contribution in [1.82, 2.24) is 0 Å². The van der Waals surface area contributed by atoms with Crippen LogP contribution >= 0.6 is 15.9 Å². The molecule has 2 aromatic rings. The Morgan fingerprint density at radius 2 is 1.95 bits per heavy atom. The summed E-state index contributed by atoms with van der Waals surface area (Å²) in [7, 11) is 0. The Bertz CT molecular complexity index is 678. The highest BCUT2D eigenvalue weighted by Crippen LogP contribution is 2.28. The smallest absolute Gasteiger partial charge is 0.336 e. The molecule has 4 heteroatoms. The van der Waals surface area contributed by atoms with Gasteiger partial charge in [0.05, 0.1) is 16.7 Å². The Labute approximate surface area is 138 Å². The van der Waals surface area contributed by atoms with E-state index in [0.29, 0.717) is 12.2 Å². The summed E-state index contributed by atoms with van der Waals surface area (Å²) in [6.07, 6.45) is 2.59. The summed E-state index contributed by atoms with van der Waals surface area (Å²) >= 11 is 3.46. The van der Waals surface area contributed by atoms with Gasteiger partial charge in [0.2, 0.25) is 0 Å². The van der Waals surface area contributed by atoms with Crippen molar-refractivity contribution in [3.63, 3.8) is 0 Å². The van der Waals surface area contributed by atoms with Crippen LogP contribution in [0.4, 0.5) is 0 Å². The van der Waals surface area contributed by atoms with Gasteiger partial charge in [-0.25, -0.2) is 4.79 Å². The van der Waals surface area contributed by atoms with Gasteiger partial charge in [-0.05, 0) is 51.7 Å². The van der Waals surface area contributed by atoms with Crippen molar-refractivity contribution < 1.29 is 14.6 Å². The van der Waals surface area contributed by atoms with Crippen LogP contribution in [-0.2, 0) is 4.79 Å². The lowest BCUT2D eigenvalue weighted by atomic mass is 10.0. The Hall–Kier alpha value is -2.07. The third-order valence-corrected chi connectivity index (χ3v) is 3.66. The third-order valence-electron chi connectivity index (χ3n) is 3.04. The van der Waals surface area contributed by atoms with E-state index >= 15 is 0 Å². The standard InChI is InChI=1S/C18H17BrO3/c1-2-10-22-17-9-8-13(12-16(17)19)11-15(18(20)21)14-6-4-3-5-7-14/h3-9,11-12H,2,10H2,1H3,(H,20,21)/b15-11-. The van der Waals surface area contributed by atoms with E-state index in [0.717, 1.165) is 22.2 Å². The summed E-state index contributed by atoms with van der Waals surface area (Å²) in [4.78, 5) is 11.5. The molecule has 0 aliphatic carbocycles. The quantitative estimate of drug-likeness (QED) is 0.590. The van der Waals surface area contributed by atoms with Gasteiger partial charge in [0, 0.05) is 0 Å². The molecular formula is C18H17BrO3. The molecule has 0 aliphatic heterocycles. The van der Waals surface area contributed by atoms with Gasteiger partial charge in [0.1, 0.15) is 5.75 Å². The SMILES string of the molecule is CCCOc1ccc(/C=C(\C(=O)O)c2ccccc2)cc1Br. The Morgan fingerprint density at radius 1 is 1.23 bits per heavy atom. The lowest BCUT2D eigenvalue weighted by molar-refractivity contribution is -0.130. The second kappa shape index (κ2) is 7.80. The molecule has 0 aromatic heterocycles. The van der Waals surface area contributed by atoms with Crippen molar-refractivity contribution in [3.05, 3.63) is 64.1 Å². The maximum Gasteiger partial charge on any atom is 0.336 e. The van der Waals surface area contributed by atoms with Crippen LogP contribution in [0.15, 0.2) is 53.0 Å². The number of halogens is 1. The zero-order valence-electron chi connectivity index (χ0n) is 12.3. The summed E-state index contributed by atoms with van der Waals surface area (Å²) in [6, 6.07) is 14.6. The maximum atomic E-state index is 11.5. The molecule has 0 spiro atoms. The summed E-state index contributed by atoms with van der Waals surface area (Å²) in [5.41, 5.74) is 1.74. The number of rotatable bonds is 6. The minimum atomic E-state index is -0.950. The first-order chi connectivity index (χ1) is 10.6. The predicted octanol–water partition coefficient (Wildman–Crippen LogP) is 4.86. The number of benzene rings is 2. The van der Waals surface area contributed by atoms with Gasteiger partial charge in [-0.1, -0.05) is 43.3 Å². The van der Waals surface area contributed by atoms with Crippen LogP contribution in [0.3, 0.4) is 0 Å². The molecule has 0 bridgehead atoms. The normalized spacial score (nSPS) is 11.3. The van der Waals surface area contributed by atoms with Gasteiger partial charge in [-0.15, -0.1) is 0 Å². The van der Waals surface area contributed by atoms with Crippen molar-refractivity contribution in [2.24, 2.45) is 0 Å². The summed E-state index contributed by atoms with van der Waals surface area (Å²) < 4.78 is 6.41. The average molecular weight is 361 g/mol. The number of aliphatic carboxylic acids is 1. The van der Waals surface area contributed by atoms with E-state index < -0.39 is 5.97 Å². The molecule has 0 atom stereocenters. The molecule has 114 valence electrons. The van der Waals surface area contributed by atoms with Gasteiger partial charge >= 0.3 is 5.97 Å². The summed E-state index contributed by atoms with van der Waals surface area (Å²) in [5, 5.41) is 9.42. The lowest BCUT2D eigenvalue weighted by Gasteiger charge is -2.08. The molecule has 3 nitrogen and oxygen atoms in total. The largest absolute Gasteiger partial charge is 0.492 e. The fourth-order valence-corrected chi connectivity index (χ4v) is 2.50. The molecule has 0 amide bonds. The Morgan fingerprint density at radius 3 is 2.55 bits per heavy atom. The van der Waals surface area contributed by atoms with Crippen LogP contribution in [0.5, 0.6) is 5.75 Å². The molecule has 2 rings (SSSR count). The fourth-order valence-electron chi connectivity index (χ4n) is 1.99. The second-order valence-corrected chi connectivity index (χ2v) is 5.62. The van der Waals surface area contributed by atoms with Gasteiger partial charge in [-0.3, -0.25) is 0 Å². The van der Waals surface area contributed by atoms with E-state index in [1.807, 2.05) is 43.3 Å². The number of carboxylic acids is 1. The molecular weight excluding hydrogens is 344 g/mol. The molecule has 0 aliphatic rings. The summed E-state index contributed by atoms with van der Waals surface area (Å²) in [6.45, 7) is 2.70. The van der Waals surface area contributed by atoms with Gasteiger partial charge in [0.15, 0.2) is 0 Å². The summed E-state index contributed by atoms with van der Waals surface area (Å²) in [5.74, 6) is -0.191. The zero-order valence-corrected chi connectivity index (χ0v) is 13.8. The van der Waals surface area contributed by atoms with E-state index in [1.165, 1.54) is 0 Å². The predicted molar refractivity (Wildman–Crippen MR) is 91.9 cm³/mol. The molecule has 0 saturated carbocycles. The van der Waals surface area contributed by atoms with Crippen LogP contribution in [0.1, 0.15) is 24.5 Å². The highest BCUT2D eigenvalue weighted by molar-refractivity contribution is 9.10. The van der Waals surface area contributed by atoms with Crippen LogP contribution < -0.4 is 4.74 Å². The van der Waals surface area contributed by atoms with E-state index in [-0.39, 0.29) is 5.57 Å². The van der Waals surface area contributed by atoms with Gasteiger partial charge in [-0.2, -0.15) is 0 Å². The maximum absolute atomic E-state index is 11.5. The molecule has 0 heterocycles. The van der Waals surface area contributed by atoms with Crippen molar-refractivity contribution in [2.75, 3.05) is 6.61 Å². The molecule has 0 fully saturated rings. The number of ether oxygens (including phenoxy) is 1. The van der Waals surface area contributed by atoms with Crippen molar-refractivity contribution in [2.45, 2.75) is 13.3 Å². The van der Waals surface area contributed by atoms with Crippen LogP contribution in [-0.4, -0.2) is 17.7 Å². The van der Waals surface area contributed by atoms with Crippen LogP contribution in [0.2, 0.25) is 0 Å². The average Bonchev–Trinajstić information content (AvgIpc) is 2.52. The highest BCUT2D eigenvalue weighted by atomic mass is 79.9. The second-order valence-electron chi connectivity index (χ2n) is 4.77.